The van der Waals surface area contributed by atoms with Gasteiger partial charge in [-0.3, -0.25) is 4.79 Å². The summed E-state index contributed by atoms with van der Waals surface area (Å²) in [5.74, 6) is -0.383. The number of furan rings is 1. The largest absolute Gasteiger partial charge is 0.452 e. The quantitative estimate of drug-likeness (QED) is 0.347. The topological polar surface area (TPSA) is 101 Å². The highest BCUT2D eigenvalue weighted by Gasteiger charge is 2.13. The highest BCUT2D eigenvalue weighted by atomic mass is 35.5. The molecule has 0 bridgehead atoms. The molecule has 2 rings (SSSR count). The third kappa shape index (κ3) is 2.86. The van der Waals surface area contributed by atoms with Crippen molar-refractivity contribution in [2.24, 2.45) is 10.9 Å². The lowest BCUT2D eigenvalue weighted by atomic mass is 10.2. The number of nitrogens with zero attached hydrogens (tertiary/aromatic N) is 1. The molecule has 0 saturated carbocycles. The van der Waals surface area contributed by atoms with Crippen molar-refractivity contribution >= 4 is 29.0 Å². The minimum absolute atomic E-state index is 0.00393. The van der Waals surface area contributed by atoms with E-state index in [2.05, 4.69) is 10.5 Å². The predicted octanol–water partition coefficient (Wildman–Crippen LogP) is 2.28. The Balaban J connectivity index is 2.12. The van der Waals surface area contributed by atoms with E-state index in [9.17, 15) is 4.79 Å². The van der Waals surface area contributed by atoms with E-state index in [0.717, 1.165) is 0 Å². The Morgan fingerprint density at radius 3 is 2.53 bits per heavy atom. The second-order valence-electron chi connectivity index (χ2n) is 3.62. The molecule has 0 aliphatic rings. The number of anilines is 1. The van der Waals surface area contributed by atoms with Gasteiger partial charge in [0, 0.05) is 11.3 Å². The summed E-state index contributed by atoms with van der Waals surface area (Å²) < 4.78 is 4.83. The number of rotatable bonds is 3. The van der Waals surface area contributed by atoms with Crippen LogP contribution in [0, 0.1) is 0 Å². The van der Waals surface area contributed by atoms with Crippen LogP contribution >= 0.6 is 11.6 Å². The lowest BCUT2D eigenvalue weighted by Crippen LogP contribution is -2.14. The molecule has 7 heteroatoms. The van der Waals surface area contributed by atoms with Gasteiger partial charge in [0.25, 0.3) is 5.91 Å². The molecule has 1 aromatic carbocycles. The van der Waals surface area contributed by atoms with Gasteiger partial charge in [0.05, 0.1) is 11.8 Å². The number of hydrogen-bond acceptors (Lipinski definition) is 4. The van der Waals surface area contributed by atoms with Crippen LogP contribution in [0.15, 0.2) is 46.2 Å². The van der Waals surface area contributed by atoms with Gasteiger partial charge in [-0.15, -0.1) is 0 Å². The van der Waals surface area contributed by atoms with Crippen molar-refractivity contribution in [2.45, 2.75) is 0 Å². The summed E-state index contributed by atoms with van der Waals surface area (Å²) in [4.78, 5) is 11.8. The smallest absolute Gasteiger partial charge is 0.260 e. The van der Waals surface area contributed by atoms with E-state index in [1.807, 2.05) is 0 Å². The number of amidine groups is 1. The second kappa shape index (κ2) is 5.45. The number of amides is 1. The number of halogens is 1. The van der Waals surface area contributed by atoms with Gasteiger partial charge in [-0.25, -0.2) is 0 Å². The number of benzene rings is 1. The summed E-state index contributed by atoms with van der Waals surface area (Å²) in [7, 11) is 0. The van der Waals surface area contributed by atoms with Gasteiger partial charge in [0.2, 0.25) is 5.22 Å². The van der Waals surface area contributed by atoms with Gasteiger partial charge >= 0.3 is 0 Å². The van der Waals surface area contributed by atoms with Crippen LogP contribution in [-0.2, 0) is 0 Å². The number of nitrogens with one attached hydrogen (secondary N) is 1. The fourth-order valence-electron chi connectivity index (χ4n) is 1.44. The van der Waals surface area contributed by atoms with Crippen LogP contribution < -0.4 is 11.1 Å². The Hall–Kier alpha value is -2.47. The maximum absolute atomic E-state index is 11.8. The van der Waals surface area contributed by atoms with E-state index in [1.54, 1.807) is 24.3 Å². The Bertz CT molecular complexity index is 619. The van der Waals surface area contributed by atoms with E-state index in [-0.39, 0.29) is 22.5 Å². The fourth-order valence-corrected chi connectivity index (χ4v) is 1.64. The molecule has 0 saturated heterocycles. The second-order valence-corrected chi connectivity index (χ2v) is 3.97. The van der Waals surface area contributed by atoms with Gasteiger partial charge < -0.3 is 20.7 Å². The first-order chi connectivity index (χ1) is 9.11. The van der Waals surface area contributed by atoms with Gasteiger partial charge in [-0.05, 0) is 41.9 Å². The maximum atomic E-state index is 11.8. The molecular formula is C12H10ClN3O3. The molecule has 1 aromatic heterocycles. The van der Waals surface area contributed by atoms with E-state index in [0.29, 0.717) is 11.3 Å². The van der Waals surface area contributed by atoms with Crippen LogP contribution in [-0.4, -0.2) is 17.0 Å². The summed E-state index contributed by atoms with van der Waals surface area (Å²) in [6.07, 6.45) is 1.33. The van der Waals surface area contributed by atoms with Gasteiger partial charge in [0.1, 0.15) is 0 Å². The number of oxime groups is 1. The number of hydrogen-bond donors (Lipinski definition) is 3. The summed E-state index contributed by atoms with van der Waals surface area (Å²) in [5, 5.41) is 14.1. The van der Waals surface area contributed by atoms with E-state index >= 15 is 0 Å². The molecule has 4 N–H and O–H groups in total. The lowest BCUT2D eigenvalue weighted by Gasteiger charge is -2.05. The van der Waals surface area contributed by atoms with Crippen LogP contribution in [0.2, 0.25) is 5.22 Å². The molecule has 0 radical (unpaired) electrons. The average Bonchev–Trinajstić information content (AvgIpc) is 2.85. The highest BCUT2D eigenvalue weighted by Crippen LogP contribution is 2.18. The first kappa shape index (κ1) is 13.0. The zero-order valence-corrected chi connectivity index (χ0v) is 10.4. The molecule has 0 unspecified atom stereocenters. The van der Waals surface area contributed by atoms with Crippen molar-refractivity contribution in [1.82, 2.24) is 0 Å². The molecule has 0 aliphatic heterocycles. The third-order valence-electron chi connectivity index (χ3n) is 2.41. The SMILES string of the molecule is N/C(=N/O)c1ccc(NC(=O)c2ccoc2Cl)cc1. The van der Waals surface area contributed by atoms with Crippen LogP contribution in [0.25, 0.3) is 0 Å². The molecular weight excluding hydrogens is 270 g/mol. The zero-order chi connectivity index (χ0) is 13.8. The minimum Gasteiger partial charge on any atom is -0.452 e. The molecule has 2 aromatic rings. The monoisotopic (exact) mass is 279 g/mol. The highest BCUT2D eigenvalue weighted by molar-refractivity contribution is 6.32. The van der Waals surface area contributed by atoms with E-state index < -0.39 is 0 Å². The normalized spacial score (nSPS) is 11.3. The molecule has 1 heterocycles. The summed E-state index contributed by atoms with van der Waals surface area (Å²) in [5.41, 5.74) is 6.77. The Morgan fingerprint density at radius 2 is 2.00 bits per heavy atom. The number of nitrogens with two attached hydrogens (primary N) is 1. The predicted molar refractivity (Wildman–Crippen MR) is 70.6 cm³/mol. The Kier molecular flexibility index (Phi) is 3.72. The van der Waals surface area contributed by atoms with Crippen LogP contribution in [0.5, 0.6) is 0 Å². The molecule has 6 nitrogen and oxygen atoms in total. The first-order valence-corrected chi connectivity index (χ1v) is 5.62. The van der Waals surface area contributed by atoms with Gasteiger partial charge in [-0.1, -0.05) is 5.16 Å². The van der Waals surface area contributed by atoms with Crippen molar-refractivity contribution in [2.75, 3.05) is 5.32 Å². The van der Waals surface area contributed by atoms with E-state index in [1.165, 1.54) is 12.3 Å². The van der Waals surface area contributed by atoms with Gasteiger partial charge in [0.15, 0.2) is 5.84 Å². The fraction of sp³-hybridized carbons (Fsp3) is 0. The van der Waals surface area contributed by atoms with Crippen molar-refractivity contribution < 1.29 is 14.4 Å². The first-order valence-electron chi connectivity index (χ1n) is 5.24. The minimum atomic E-state index is -0.379. The van der Waals surface area contributed by atoms with Crippen molar-refractivity contribution in [3.8, 4) is 0 Å². The van der Waals surface area contributed by atoms with Crippen LogP contribution in [0.3, 0.4) is 0 Å². The maximum Gasteiger partial charge on any atom is 0.260 e. The Morgan fingerprint density at radius 1 is 1.32 bits per heavy atom. The molecule has 19 heavy (non-hydrogen) atoms. The lowest BCUT2D eigenvalue weighted by molar-refractivity contribution is 0.102. The molecule has 0 aliphatic carbocycles. The number of carbonyl (C=O) groups is 1. The van der Waals surface area contributed by atoms with Crippen LogP contribution in [0.4, 0.5) is 5.69 Å². The average molecular weight is 280 g/mol. The van der Waals surface area contributed by atoms with Gasteiger partial charge in [-0.2, -0.15) is 0 Å². The number of carbonyl (C=O) groups excluding carboxylic acids is 1. The van der Waals surface area contributed by atoms with E-state index in [4.69, 9.17) is 27.0 Å². The van der Waals surface area contributed by atoms with Crippen LogP contribution in [0.1, 0.15) is 15.9 Å². The Labute approximate surface area is 113 Å². The third-order valence-corrected chi connectivity index (χ3v) is 2.70. The molecule has 98 valence electrons. The molecule has 0 spiro atoms. The molecule has 1 amide bonds. The summed E-state index contributed by atoms with van der Waals surface area (Å²) in [6, 6.07) is 7.95. The van der Waals surface area contributed by atoms with Crippen molar-refractivity contribution in [3.05, 3.63) is 52.9 Å². The summed E-state index contributed by atoms with van der Waals surface area (Å²) >= 11 is 5.70. The zero-order valence-electron chi connectivity index (χ0n) is 9.63. The van der Waals surface area contributed by atoms with Crippen molar-refractivity contribution in [3.63, 3.8) is 0 Å². The molecule has 0 fully saturated rings. The standard InChI is InChI=1S/C12H10ClN3O3/c13-10-9(5-6-19-10)12(17)15-8-3-1-7(2-4-8)11(14)16-18/h1-6,18H,(H2,14,16)(H,15,17). The summed E-state index contributed by atoms with van der Waals surface area (Å²) in [6.45, 7) is 0. The molecule has 0 atom stereocenters. The van der Waals surface area contributed by atoms with Crippen molar-refractivity contribution in [1.29, 1.82) is 0 Å².